The molecule has 5 rings (SSSR count). The van der Waals surface area contributed by atoms with Crippen LogP contribution in [0, 0.1) is 31.6 Å². The lowest BCUT2D eigenvalue weighted by Gasteiger charge is -2.57. The molecule has 0 saturated heterocycles. The van der Waals surface area contributed by atoms with E-state index in [1.165, 1.54) is 43.4 Å². The molecule has 0 radical (unpaired) electrons. The van der Waals surface area contributed by atoms with Gasteiger partial charge >= 0.3 is 0 Å². The van der Waals surface area contributed by atoms with Crippen molar-refractivity contribution in [3.8, 4) is 0 Å². The summed E-state index contributed by atoms with van der Waals surface area (Å²) in [6.07, 6.45) is 7.86. The maximum atomic E-state index is 12.6. The molecule has 0 atom stereocenters. The summed E-state index contributed by atoms with van der Waals surface area (Å²) in [7, 11) is 1.72. The van der Waals surface area contributed by atoms with Crippen LogP contribution < -0.4 is 10.6 Å². The second-order valence-electron chi connectivity index (χ2n) is 9.62. The first-order valence-electron chi connectivity index (χ1n) is 10.7. The summed E-state index contributed by atoms with van der Waals surface area (Å²) < 4.78 is 0. The molecular formula is C23H33N3O2. The lowest BCUT2D eigenvalue weighted by molar-refractivity contribution is -0.133. The first kappa shape index (κ1) is 19.4. The summed E-state index contributed by atoms with van der Waals surface area (Å²) >= 11 is 0. The molecule has 5 nitrogen and oxygen atoms in total. The van der Waals surface area contributed by atoms with Crippen molar-refractivity contribution in [2.75, 3.05) is 25.5 Å². The molecular weight excluding hydrogens is 350 g/mol. The molecule has 5 heteroatoms. The molecule has 0 aromatic heterocycles. The van der Waals surface area contributed by atoms with Crippen LogP contribution in [0.1, 0.15) is 49.7 Å². The zero-order valence-corrected chi connectivity index (χ0v) is 17.4. The van der Waals surface area contributed by atoms with Gasteiger partial charge in [0.1, 0.15) is 0 Å². The Morgan fingerprint density at radius 2 is 1.57 bits per heavy atom. The number of amides is 2. The predicted octanol–water partition coefficient (Wildman–Crippen LogP) is 3.26. The Morgan fingerprint density at radius 1 is 1.04 bits per heavy atom. The Morgan fingerprint density at radius 3 is 2.11 bits per heavy atom. The summed E-state index contributed by atoms with van der Waals surface area (Å²) in [6.45, 7) is 4.37. The number of nitrogens with zero attached hydrogens (tertiary/aromatic N) is 1. The van der Waals surface area contributed by atoms with Crippen LogP contribution in [0.15, 0.2) is 18.2 Å². The van der Waals surface area contributed by atoms with Crippen LogP contribution in [0.2, 0.25) is 0 Å². The topological polar surface area (TPSA) is 61.4 Å². The highest BCUT2D eigenvalue weighted by Gasteiger charge is 2.50. The minimum absolute atomic E-state index is 0.00704. The van der Waals surface area contributed by atoms with E-state index in [0.29, 0.717) is 6.54 Å². The number of carbonyl (C=O) groups is 2. The fourth-order valence-corrected chi connectivity index (χ4v) is 6.22. The lowest BCUT2D eigenvalue weighted by Crippen LogP contribution is -2.60. The van der Waals surface area contributed by atoms with Crippen molar-refractivity contribution in [2.45, 2.75) is 57.9 Å². The number of likely N-dealkylation sites (N-methyl/N-ethyl adjacent to an activating group) is 1. The Hall–Kier alpha value is -1.88. The van der Waals surface area contributed by atoms with Gasteiger partial charge in [0.05, 0.1) is 13.1 Å². The zero-order valence-electron chi connectivity index (χ0n) is 17.4. The largest absolute Gasteiger partial charge is 0.335 e. The van der Waals surface area contributed by atoms with Crippen molar-refractivity contribution in [3.63, 3.8) is 0 Å². The highest BCUT2D eigenvalue weighted by Crippen LogP contribution is 2.55. The van der Waals surface area contributed by atoms with Gasteiger partial charge in [-0.1, -0.05) is 18.2 Å². The Labute approximate surface area is 168 Å². The van der Waals surface area contributed by atoms with E-state index in [0.717, 1.165) is 34.6 Å². The third-order valence-electron chi connectivity index (χ3n) is 7.20. The van der Waals surface area contributed by atoms with Gasteiger partial charge in [-0.05, 0) is 81.3 Å². The first-order valence-corrected chi connectivity index (χ1v) is 10.7. The van der Waals surface area contributed by atoms with Crippen LogP contribution in [-0.2, 0) is 9.59 Å². The molecule has 4 aliphatic rings. The Balaban J connectivity index is 1.29. The third kappa shape index (κ3) is 3.95. The maximum absolute atomic E-state index is 12.6. The highest BCUT2D eigenvalue weighted by molar-refractivity contribution is 5.95. The molecule has 28 heavy (non-hydrogen) atoms. The van der Waals surface area contributed by atoms with Gasteiger partial charge in [-0.25, -0.2) is 0 Å². The van der Waals surface area contributed by atoms with E-state index in [1.807, 2.05) is 32.0 Å². The van der Waals surface area contributed by atoms with Gasteiger partial charge in [0.2, 0.25) is 11.8 Å². The zero-order chi connectivity index (χ0) is 19.9. The van der Waals surface area contributed by atoms with Crippen LogP contribution in [-0.4, -0.2) is 42.4 Å². The van der Waals surface area contributed by atoms with Gasteiger partial charge in [0.15, 0.2) is 0 Å². The lowest BCUT2D eigenvalue weighted by atomic mass is 9.53. The van der Waals surface area contributed by atoms with E-state index in [9.17, 15) is 9.59 Å². The van der Waals surface area contributed by atoms with Crippen molar-refractivity contribution in [2.24, 2.45) is 17.8 Å². The number of hydrogen-bond donors (Lipinski definition) is 2. The molecule has 0 spiro atoms. The number of rotatable bonds is 6. The number of anilines is 1. The molecule has 1 aromatic carbocycles. The summed E-state index contributed by atoms with van der Waals surface area (Å²) in [5.74, 6) is 2.41. The average molecular weight is 384 g/mol. The number of carbonyl (C=O) groups excluding carboxylic acids is 2. The van der Waals surface area contributed by atoms with E-state index in [1.54, 1.807) is 7.05 Å². The van der Waals surface area contributed by atoms with Crippen LogP contribution in [0.3, 0.4) is 0 Å². The molecule has 4 aliphatic carbocycles. The van der Waals surface area contributed by atoms with E-state index in [4.69, 9.17) is 0 Å². The fourth-order valence-electron chi connectivity index (χ4n) is 6.22. The molecule has 0 heterocycles. The SMILES string of the molecule is Cc1cccc(C)c1NC(=O)CN(C)C(=O)CNC12CC3CC(CC(C3)C1)C2. The quantitative estimate of drug-likeness (QED) is 0.793. The molecule has 2 N–H and O–H groups in total. The van der Waals surface area contributed by atoms with Gasteiger partial charge < -0.3 is 15.5 Å². The number of aryl methyl sites for hydroxylation is 2. The second-order valence-corrected chi connectivity index (χ2v) is 9.62. The van der Waals surface area contributed by atoms with Gasteiger partial charge in [0, 0.05) is 18.3 Å². The fraction of sp³-hybridized carbons (Fsp3) is 0.652. The minimum Gasteiger partial charge on any atom is -0.335 e. The van der Waals surface area contributed by atoms with E-state index in [-0.39, 0.29) is 23.9 Å². The van der Waals surface area contributed by atoms with Crippen LogP contribution in [0.4, 0.5) is 5.69 Å². The number of nitrogens with one attached hydrogen (secondary N) is 2. The van der Waals surface area contributed by atoms with Crippen LogP contribution in [0.25, 0.3) is 0 Å². The molecule has 0 aliphatic heterocycles. The number of benzene rings is 1. The van der Waals surface area contributed by atoms with Crippen molar-refractivity contribution >= 4 is 17.5 Å². The predicted molar refractivity (Wildman–Crippen MR) is 111 cm³/mol. The Kier molecular flexibility index (Phi) is 5.21. The smallest absolute Gasteiger partial charge is 0.243 e. The molecule has 1 aromatic rings. The van der Waals surface area contributed by atoms with Gasteiger partial charge in [0.25, 0.3) is 0 Å². The van der Waals surface area contributed by atoms with Crippen LogP contribution >= 0.6 is 0 Å². The summed E-state index contributed by atoms with van der Waals surface area (Å²) in [5, 5.41) is 6.59. The monoisotopic (exact) mass is 383 g/mol. The van der Waals surface area contributed by atoms with E-state index >= 15 is 0 Å². The minimum atomic E-state index is -0.150. The van der Waals surface area contributed by atoms with Crippen molar-refractivity contribution in [1.82, 2.24) is 10.2 Å². The molecule has 4 fully saturated rings. The average Bonchev–Trinajstić information content (AvgIpc) is 2.62. The standard InChI is InChI=1S/C23H33N3O2/c1-15-5-4-6-16(2)22(15)25-20(27)14-26(3)21(28)13-24-23-10-17-7-18(11-23)9-19(8-17)12-23/h4-6,17-19,24H,7-14H2,1-3H3,(H,25,27). The normalized spacial score (nSPS) is 30.3. The van der Waals surface area contributed by atoms with E-state index < -0.39 is 0 Å². The molecule has 152 valence electrons. The summed E-state index contributed by atoms with van der Waals surface area (Å²) in [4.78, 5) is 26.6. The van der Waals surface area contributed by atoms with E-state index in [2.05, 4.69) is 10.6 Å². The first-order chi connectivity index (χ1) is 13.3. The Bertz CT molecular complexity index is 718. The third-order valence-corrected chi connectivity index (χ3v) is 7.20. The summed E-state index contributed by atoms with van der Waals surface area (Å²) in [6, 6.07) is 5.94. The highest BCUT2D eigenvalue weighted by atomic mass is 16.2. The van der Waals surface area contributed by atoms with Gasteiger partial charge in [-0.15, -0.1) is 0 Å². The molecule has 4 bridgehead atoms. The molecule has 0 unspecified atom stereocenters. The van der Waals surface area contributed by atoms with Crippen molar-refractivity contribution in [3.05, 3.63) is 29.3 Å². The van der Waals surface area contributed by atoms with Crippen LogP contribution in [0.5, 0.6) is 0 Å². The van der Waals surface area contributed by atoms with Gasteiger partial charge in [-0.3, -0.25) is 9.59 Å². The number of para-hydroxylation sites is 1. The van der Waals surface area contributed by atoms with Crippen molar-refractivity contribution in [1.29, 1.82) is 0 Å². The molecule has 4 saturated carbocycles. The van der Waals surface area contributed by atoms with Crippen molar-refractivity contribution < 1.29 is 9.59 Å². The van der Waals surface area contributed by atoms with Gasteiger partial charge in [-0.2, -0.15) is 0 Å². The maximum Gasteiger partial charge on any atom is 0.243 e. The summed E-state index contributed by atoms with van der Waals surface area (Å²) in [5.41, 5.74) is 3.09. The second kappa shape index (κ2) is 7.51. The molecule has 2 amide bonds. The number of hydrogen-bond acceptors (Lipinski definition) is 3.